The molecule has 0 unspecified atom stereocenters. The van der Waals surface area contributed by atoms with E-state index in [-0.39, 0.29) is 5.91 Å². The number of nitrogens with two attached hydrogens (primary N) is 1. The van der Waals surface area contributed by atoms with Crippen LogP contribution < -0.4 is 5.73 Å². The number of thiazole rings is 1. The maximum atomic E-state index is 12.3. The third-order valence-electron chi connectivity index (χ3n) is 3.23. The first-order valence-electron chi connectivity index (χ1n) is 6.79. The minimum atomic E-state index is 0.0700. The van der Waals surface area contributed by atoms with Gasteiger partial charge in [-0.25, -0.2) is 4.98 Å². The largest absolute Gasteiger partial charge is 0.375 e. The number of carbonyl (C=O) groups excluding carboxylic acids is 1. The summed E-state index contributed by atoms with van der Waals surface area (Å²) >= 11 is 1.27. The van der Waals surface area contributed by atoms with Crippen molar-refractivity contribution in [2.24, 2.45) is 5.92 Å². The van der Waals surface area contributed by atoms with Gasteiger partial charge >= 0.3 is 0 Å². The van der Waals surface area contributed by atoms with Crippen LogP contribution in [0.4, 0.5) is 5.13 Å². The van der Waals surface area contributed by atoms with E-state index in [1.54, 1.807) is 6.20 Å². The highest BCUT2D eigenvalue weighted by atomic mass is 32.1. The second kappa shape index (κ2) is 6.34. The molecule has 1 aliphatic heterocycles. The summed E-state index contributed by atoms with van der Waals surface area (Å²) in [6.45, 7) is 9.22. The molecular weight excluding hydrogens is 260 g/mol. The van der Waals surface area contributed by atoms with Gasteiger partial charge in [-0.3, -0.25) is 4.79 Å². The summed E-state index contributed by atoms with van der Waals surface area (Å²) in [7, 11) is 0. The molecular formula is C13H22N4OS. The lowest BCUT2D eigenvalue weighted by Gasteiger charge is -2.22. The predicted octanol–water partition coefficient (Wildman–Crippen LogP) is 1.53. The summed E-state index contributed by atoms with van der Waals surface area (Å²) < 4.78 is 0. The SMILES string of the molecule is CC(C)CN1CCCN(C(=O)c2cnc(N)s2)CC1. The number of anilines is 1. The van der Waals surface area contributed by atoms with Crippen molar-refractivity contribution in [2.45, 2.75) is 20.3 Å². The van der Waals surface area contributed by atoms with Crippen LogP contribution in [-0.2, 0) is 0 Å². The first-order valence-corrected chi connectivity index (χ1v) is 7.61. The molecule has 106 valence electrons. The number of rotatable bonds is 3. The molecule has 1 fully saturated rings. The lowest BCUT2D eigenvalue weighted by atomic mass is 10.2. The molecule has 6 heteroatoms. The minimum Gasteiger partial charge on any atom is -0.375 e. The maximum Gasteiger partial charge on any atom is 0.265 e. The number of carbonyl (C=O) groups is 1. The van der Waals surface area contributed by atoms with Gasteiger partial charge in [0, 0.05) is 26.2 Å². The third-order valence-corrected chi connectivity index (χ3v) is 4.05. The van der Waals surface area contributed by atoms with Gasteiger partial charge in [0.15, 0.2) is 5.13 Å². The van der Waals surface area contributed by atoms with Crippen LogP contribution in [-0.4, -0.2) is 53.4 Å². The Kier molecular flexibility index (Phi) is 4.76. The van der Waals surface area contributed by atoms with E-state index >= 15 is 0 Å². The van der Waals surface area contributed by atoms with Crippen molar-refractivity contribution in [1.82, 2.24) is 14.8 Å². The highest BCUT2D eigenvalue weighted by Gasteiger charge is 2.21. The monoisotopic (exact) mass is 282 g/mol. The highest BCUT2D eigenvalue weighted by Crippen LogP contribution is 2.17. The summed E-state index contributed by atoms with van der Waals surface area (Å²) in [4.78, 5) is 21.3. The Bertz CT molecular complexity index is 432. The number of nitrogens with zero attached hydrogens (tertiary/aromatic N) is 3. The quantitative estimate of drug-likeness (QED) is 0.913. The average Bonchev–Trinajstić information content (AvgIpc) is 2.65. The lowest BCUT2D eigenvalue weighted by molar-refractivity contribution is 0.0765. The topological polar surface area (TPSA) is 62.5 Å². The Hall–Kier alpha value is -1.14. The molecule has 2 heterocycles. The number of aromatic nitrogens is 1. The molecule has 1 saturated heterocycles. The van der Waals surface area contributed by atoms with Crippen molar-refractivity contribution in [3.8, 4) is 0 Å². The summed E-state index contributed by atoms with van der Waals surface area (Å²) in [6, 6.07) is 0. The molecule has 0 atom stereocenters. The molecule has 5 nitrogen and oxygen atoms in total. The van der Waals surface area contributed by atoms with Gasteiger partial charge < -0.3 is 15.5 Å². The first-order chi connectivity index (χ1) is 9.06. The second-order valence-corrected chi connectivity index (χ2v) is 6.47. The van der Waals surface area contributed by atoms with Crippen molar-refractivity contribution < 1.29 is 4.79 Å². The van der Waals surface area contributed by atoms with E-state index in [4.69, 9.17) is 5.73 Å². The fraction of sp³-hybridized carbons (Fsp3) is 0.692. The van der Waals surface area contributed by atoms with Crippen molar-refractivity contribution >= 4 is 22.4 Å². The summed E-state index contributed by atoms with van der Waals surface area (Å²) in [5.74, 6) is 0.740. The Morgan fingerprint density at radius 3 is 2.84 bits per heavy atom. The molecule has 0 saturated carbocycles. The van der Waals surface area contributed by atoms with Gasteiger partial charge in [0.1, 0.15) is 4.88 Å². The zero-order chi connectivity index (χ0) is 13.8. The van der Waals surface area contributed by atoms with Crippen molar-refractivity contribution in [3.63, 3.8) is 0 Å². The highest BCUT2D eigenvalue weighted by molar-refractivity contribution is 7.17. The second-order valence-electron chi connectivity index (χ2n) is 5.40. The van der Waals surface area contributed by atoms with Crippen molar-refractivity contribution in [1.29, 1.82) is 0 Å². The van der Waals surface area contributed by atoms with Gasteiger partial charge in [0.05, 0.1) is 6.20 Å². The van der Waals surface area contributed by atoms with Crippen LogP contribution in [0.2, 0.25) is 0 Å². The van der Waals surface area contributed by atoms with Gasteiger partial charge in [0.25, 0.3) is 5.91 Å². The van der Waals surface area contributed by atoms with Crippen LogP contribution in [0.25, 0.3) is 0 Å². The summed E-state index contributed by atoms with van der Waals surface area (Å²) in [5, 5.41) is 0.458. The van der Waals surface area contributed by atoms with Gasteiger partial charge in [-0.05, 0) is 18.9 Å². The molecule has 19 heavy (non-hydrogen) atoms. The lowest BCUT2D eigenvalue weighted by Crippen LogP contribution is -2.35. The molecule has 1 amide bonds. The zero-order valence-electron chi connectivity index (χ0n) is 11.6. The standard InChI is InChI=1S/C13H22N4OS/c1-10(2)9-16-4-3-5-17(7-6-16)12(18)11-8-15-13(14)19-11/h8,10H,3-7,9H2,1-2H3,(H2,14,15). The molecule has 2 rings (SSSR count). The van der Waals surface area contributed by atoms with E-state index in [1.807, 2.05) is 4.90 Å². The molecule has 1 aliphatic rings. The Balaban J connectivity index is 1.93. The normalized spacial score (nSPS) is 17.7. The molecule has 1 aromatic heterocycles. The van der Waals surface area contributed by atoms with Gasteiger partial charge in [-0.15, -0.1) is 0 Å². The molecule has 1 aromatic rings. The smallest absolute Gasteiger partial charge is 0.265 e. The fourth-order valence-electron chi connectivity index (χ4n) is 2.42. The maximum absolute atomic E-state index is 12.3. The third kappa shape index (κ3) is 3.91. The Morgan fingerprint density at radius 1 is 1.42 bits per heavy atom. The fourth-order valence-corrected chi connectivity index (χ4v) is 3.07. The van der Waals surface area contributed by atoms with Crippen LogP contribution in [0.1, 0.15) is 29.9 Å². The molecule has 0 aliphatic carbocycles. The van der Waals surface area contributed by atoms with E-state index < -0.39 is 0 Å². The van der Waals surface area contributed by atoms with Gasteiger partial charge in [0.2, 0.25) is 0 Å². The average molecular weight is 282 g/mol. The van der Waals surface area contributed by atoms with E-state index in [9.17, 15) is 4.79 Å². The van der Waals surface area contributed by atoms with Crippen LogP contribution in [0.3, 0.4) is 0 Å². The predicted molar refractivity (Wildman–Crippen MR) is 78.3 cm³/mol. The first kappa shape index (κ1) is 14.3. The zero-order valence-corrected chi connectivity index (χ0v) is 12.4. The summed E-state index contributed by atoms with van der Waals surface area (Å²) in [5.41, 5.74) is 5.58. The van der Waals surface area contributed by atoms with E-state index in [0.717, 1.165) is 39.1 Å². The summed E-state index contributed by atoms with van der Waals surface area (Å²) in [6.07, 6.45) is 2.62. The number of amides is 1. The van der Waals surface area contributed by atoms with Crippen LogP contribution in [0.15, 0.2) is 6.20 Å². The minimum absolute atomic E-state index is 0.0700. The van der Waals surface area contributed by atoms with Crippen LogP contribution in [0.5, 0.6) is 0 Å². The number of hydrogen-bond donors (Lipinski definition) is 1. The van der Waals surface area contributed by atoms with Crippen LogP contribution >= 0.6 is 11.3 Å². The van der Waals surface area contributed by atoms with Gasteiger partial charge in [-0.1, -0.05) is 25.2 Å². The molecule has 0 radical (unpaired) electrons. The van der Waals surface area contributed by atoms with Crippen molar-refractivity contribution in [3.05, 3.63) is 11.1 Å². The molecule has 0 aromatic carbocycles. The van der Waals surface area contributed by atoms with Crippen LogP contribution in [0, 0.1) is 5.92 Å². The van der Waals surface area contributed by atoms with E-state index in [1.165, 1.54) is 11.3 Å². The molecule has 0 bridgehead atoms. The number of hydrogen-bond acceptors (Lipinski definition) is 5. The van der Waals surface area contributed by atoms with Crippen molar-refractivity contribution in [2.75, 3.05) is 38.5 Å². The number of nitrogen functional groups attached to an aromatic ring is 1. The van der Waals surface area contributed by atoms with E-state index in [0.29, 0.717) is 15.9 Å². The van der Waals surface area contributed by atoms with Gasteiger partial charge in [-0.2, -0.15) is 0 Å². The van der Waals surface area contributed by atoms with E-state index in [2.05, 4.69) is 23.7 Å². The Morgan fingerprint density at radius 2 is 2.21 bits per heavy atom. The Labute approximate surface area is 118 Å². The molecule has 2 N–H and O–H groups in total. The molecule has 0 spiro atoms.